The minimum atomic E-state index is 0.705. The topological polar surface area (TPSA) is 33.0 Å². The van der Waals surface area contributed by atoms with Gasteiger partial charge in [-0.05, 0) is 18.6 Å². The summed E-state index contributed by atoms with van der Waals surface area (Å²) in [7, 11) is 0. The van der Waals surface area contributed by atoms with Crippen LogP contribution in [0, 0.1) is 11.3 Å². The van der Waals surface area contributed by atoms with Crippen molar-refractivity contribution >= 4 is 10.8 Å². The third-order valence-corrected chi connectivity index (χ3v) is 3.51. The highest BCUT2D eigenvalue weighted by Gasteiger charge is 2.05. The van der Waals surface area contributed by atoms with E-state index in [4.69, 9.17) is 10.00 Å². The predicted octanol–water partition coefficient (Wildman–Crippen LogP) is 5.06. The molecule has 0 aromatic heterocycles. The molecule has 0 fully saturated rings. The quantitative estimate of drug-likeness (QED) is 0.657. The zero-order valence-electron chi connectivity index (χ0n) is 12.1. The molecule has 2 rings (SSSR count). The molecule has 0 heterocycles. The Morgan fingerprint density at radius 1 is 0.950 bits per heavy atom. The number of hydrogen-bond donors (Lipinski definition) is 0. The number of fused-ring (bicyclic) bond motifs is 1. The fourth-order valence-corrected chi connectivity index (χ4v) is 2.38. The van der Waals surface area contributed by atoms with E-state index in [1.165, 1.54) is 25.7 Å². The minimum absolute atomic E-state index is 0.705. The van der Waals surface area contributed by atoms with Crippen LogP contribution in [-0.4, -0.2) is 6.61 Å². The van der Waals surface area contributed by atoms with Crippen LogP contribution in [0.5, 0.6) is 5.75 Å². The molecule has 0 saturated heterocycles. The van der Waals surface area contributed by atoms with Crippen LogP contribution in [-0.2, 0) is 0 Å². The largest absolute Gasteiger partial charge is 0.493 e. The maximum Gasteiger partial charge on any atom is 0.127 e. The van der Waals surface area contributed by atoms with Crippen molar-refractivity contribution < 1.29 is 4.74 Å². The number of unbranched alkanes of at least 4 members (excludes halogenated alkanes) is 4. The number of hydrogen-bond acceptors (Lipinski definition) is 2. The summed E-state index contributed by atoms with van der Waals surface area (Å²) in [6.07, 6.45) is 6.17. The molecule has 2 aromatic carbocycles. The molecule has 0 radical (unpaired) electrons. The minimum Gasteiger partial charge on any atom is -0.493 e. The first kappa shape index (κ1) is 14.4. The second-order valence-corrected chi connectivity index (χ2v) is 5.03. The molecule has 2 aromatic rings. The van der Waals surface area contributed by atoms with E-state index in [1.807, 2.05) is 36.4 Å². The molecule has 2 nitrogen and oxygen atoms in total. The average Bonchev–Trinajstić information content (AvgIpc) is 2.50. The lowest BCUT2D eigenvalue weighted by Gasteiger charge is -2.10. The Kier molecular flexibility index (Phi) is 5.43. The lowest BCUT2D eigenvalue weighted by Crippen LogP contribution is -1.98. The Labute approximate surface area is 121 Å². The summed E-state index contributed by atoms with van der Waals surface area (Å²) in [5.74, 6) is 0.884. The van der Waals surface area contributed by atoms with Gasteiger partial charge in [0.2, 0.25) is 0 Å². The van der Waals surface area contributed by atoms with Gasteiger partial charge in [0, 0.05) is 10.8 Å². The maximum absolute atomic E-state index is 9.13. The first-order chi connectivity index (χ1) is 9.86. The van der Waals surface area contributed by atoms with E-state index in [0.717, 1.165) is 29.5 Å². The Bertz CT molecular complexity index is 598. The van der Waals surface area contributed by atoms with Crippen LogP contribution >= 0.6 is 0 Å². The summed E-state index contributed by atoms with van der Waals surface area (Å²) in [4.78, 5) is 0. The van der Waals surface area contributed by atoms with Gasteiger partial charge in [-0.1, -0.05) is 56.9 Å². The van der Waals surface area contributed by atoms with E-state index in [1.54, 1.807) is 0 Å². The van der Waals surface area contributed by atoms with Crippen molar-refractivity contribution in [2.24, 2.45) is 0 Å². The summed E-state index contributed by atoms with van der Waals surface area (Å²) < 4.78 is 5.89. The Morgan fingerprint density at radius 3 is 2.45 bits per heavy atom. The molecule has 0 aliphatic heterocycles. The van der Waals surface area contributed by atoms with Crippen molar-refractivity contribution in [2.75, 3.05) is 6.61 Å². The Morgan fingerprint density at radius 2 is 1.70 bits per heavy atom. The number of nitriles is 1. The van der Waals surface area contributed by atoms with Crippen molar-refractivity contribution in [2.45, 2.75) is 39.0 Å². The molecule has 0 unspecified atom stereocenters. The highest BCUT2D eigenvalue weighted by molar-refractivity contribution is 5.92. The summed E-state index contributed by atoms with van der Waals surface area (Å²) >= 11 is 0. The number of rotatable bonds is 7. The van der Waals surface area contributed by atoms with E-state index in [9.17, 15) is 0 Å². The lowest BCUT2D eigenvalue weighted by atomic mass is 10.0. The average molecular weight is 267 g/mol. The third-order valence-electron chi connectivity index (χ3n) is 3.51. The van der Waals surface area contributed by atoms with Crippen molar-refractivity contribution in [3.05, 3.63) is 42.0 Å². The van der Waals surface area contributed by atoms with Crippen LogP contribution in [0.4, 0.5) is 0 Å². The molecule has 0 bridgehead atoms. The van der Waals surface area contributed by atoms with E-state index >= 15 is 0 Å². The van der Waals surface area contributed by atoms with Crippen LogP contribution in [0.2, 0.25) is 0 Å². The molecule has 0 atom stereocenters. The number of benzene rings is 2. The summed E-state index contributed by atoms with van der Waals surface area (Å²) in [5.41, 5.74) is 0.705. The van der Waals surface area contributed by atoms with E-state index < -0.39 is 0 Å². The monoisotopic (exact) mass is 267 g/mol. The van der Waals surface area contributed by atoms with E-state index in [2.05, 4.69) is 13.0 Å². The zero-order valence-corrected chi connectivity index (χ0v) is 12.1. The molecule has 0 N–H and O–H groups in total. The molecular weight excluding hydrogens is 246 g/mol. The van der Waals surface area contributed by atoms with Crippen molar-refractivity contribution in [3.63, 3.8) is 0 Å². The van der Waals surface area contributed by atoms with Crippen LogP contribution in [0.25, 0.3) is 10.8 Å². The second-order valence-electron chi connectivity index (χ2n) is 5.03. The first-order valence-corrected chi connectivity index (χ1v) is 7.41. The molecule has 104 valence electrons. The smallest absolute Gasteiger partial charge is 0.127 e. The Balaban J connectivity index is 2.02. The molecule has 2 heteroatoms. The standard InChI is InChI=1S/C18H21NO/c1-2-3-4-5-8-13-20-18-12-11-15(14-19)16-9-6-7-10-17(16)18/h6-7,9-12H,2-5,8,13H2,1H3. The van der Waals surface area contributed by atoms with Gasteiger partial charge in [0.25, 0.3) is 0 Å². The van der Waals surface area contributed by atoms with Gasteiger partial charge in [0.1, 0.15) is 5.75 Å². The Hall–Kier alpha value is -2.01. The van der Waals surface area contributed by atoms with Gasteiger partial charge in [0.05, 0.1) is 18.2 Å². The molecular formula is C18H21NO. The fourth-order valence-electron chi connectivity index (χ4n) is 2.38. The summed E-state index contributed by atoms with van der Waals surface area (Å²) in [6, 6.07) is 13.9. The van der Waals surface area contributed by atoms with Crippen LogP contribution in [0.1, 0.15) is 44.6 Å². The van der Waals surface area contributed by atoms with Gasteiger partial charge in [-0.25, -0.2) is 0 Å². The normalized spacial score (nSPS) is 10.4. The first-order valence-electron chi connectivity index (χ1n) is 7.41. The van der Waals surface area contributed by atoms with Crippen molar-refractivity contribution in [1.82, 2.24) is 0 Å². The van der Waals surface area contributed by atoms with E-state index in [-0.39, 0.29) is 0 Å². The number of ether oxygens (including phenoxy) is 1. The van der Waals surface area contributed by atoms with Gasteiger partial charge in [-0.15, -0.1) is 0 Å². The van der Waals surface area contributed by atoms with Crippen molar-refractivity contribution in [1.29, 1.82) is 5.26 Å². The van der Waals surface area contributed by atoms with Gasteiger partial charge >= 0.3 is 0 Å². The highest BCUT2D eigenvalue weighted by atomic mass is 16.5. The predicted molar refractivity (Wildman–Crippen MR) is 82.9 cm³/mol. The number of nitrogens with zero attached hydrogens (tertiary/aromatic N) is 1. The van der Waals surface area contributed by atoms with Gasteiger partial charge in [-0.2, -0.15) is 5.26 Å². The second kappa shape index (κ2) is 7.55. The van der Waals surface area contributed by atoms with Gasteiger partial charge in [0.15, 0.2) is 0 Å². The summed E-state index contributed by atoms with van der Waals surface area (Å²) in [6.45, 7) is 2.97. The van der Waals surface area contributed by atoms with Crippen LogP contribution in [0.3, 0.4) is 0 Å². The molecule has 0 aliphatic rings. The zero-order chi connectivity index (χ0) is 14.2. The van der Waals surface area contributed by atoms with Crippen LogP contribution in [0.15, 0.2) is 36.4 Å². The summed E-state index contributed by atoms with van der Waals surface area (Å²) in [5, 5.41) is 11.1. The van der Waals surface area contributed by atoms with E-state index in [0.29, 0.717) is 5.56 Å². The van der Waals surface area contributed by atoms with Gasteiger partial charge in [-0.3, -0.25) is 0 Å². The molecule has 0 amide bonds. The highest BCUT2D eigenvalue weighted by Crippen LogP contribution is 2.28. The lowest BCUT2D eigenvalue weighted by molar-refractivity contribution is 0.308. The molecule has 20 heavy (non-hydrogen) atoms. The fraction of sp³-hybridized carbons (Fsp3) is 0.389. The van der Waals surface area contributed by atoms with Crippen LogP contribution < -0.4 is 4.74 Å². The van der Waals surface area contributed by atoms with Crippen molar-refractivity contribution in [3.8, 4) is 11.8 Å². The molecule has 0 saturated carbocycles. The molecule has 0 spiro atoms. The molecule has 0 aliphatic carbocycles. The maximum atomic E-state index is 9.13. The SMILES string of the molecule is CCCCCCCOc1ccc(C#N)c2ccccc12. The third kappa shape index (κ3) is 3.51. The van der Waals surface area contributed by atoms with Gasteiger partial charge < -0.3 is 4.74 Å².